The quantitative estimate of drug-likeness (QED) is 0.431. The van der Waals surface area contributed by atoms with Crippen LogP contribution >= 0.6 is 19.8 Å². The predicted octanol–water partition coefficient (Wildman–Crippen LogP) is 0.472. The fourth-order valence-corrected chi connectivity index (χ4v) is 4.95. The number of alkyl halides is 2. The number of para-hydroxylation sites is 1. The summed E-state index contributed by atoms with van der Waals surface area (Å²) in [7, 11) is -4.47. The molecule has 3 heterocycles. The molecular weight excluding hydrogens is 481 g/mol. The fourth-order valence-electron chi connectivity index (χ4n) is 3.38. The summed E-state index contributed by atoms with van der Waals surface area (Å²) in [5, 5.41) is 20.3. The van der Waals surface area contributed by atoms with Gasteiger partial charge in [-0.1, -0.05) is 0 Å². The Kier molecular flexibility index (Phi) is 6.11. The molecule has 0 bridgehead atoms. The molecule has 0 amide bonds. The summed E-state index contributed by atoms with van der Waals surface area (Å²) in [6.07, 6.45) is -8.83. The molecule has 1 aromatic carbocycles. The van der Waals surface area contributed by atoms with E-state index in [0.717, 1.165) is 6.20 Å². The molecule has 1 aromatic heterocycles. The van der Waals surface area contributed by atoms with Crippen LogP contribution in [0, 0.1) is 0 Å². The van der Waals surface area contributed by atoms with Gasteiger partial charge in [-0.3, -0.25) is 0 Å². The molecule has 0 unspecified atom stereocenters. The Morgan fingerprint density at radius 3 is 2.78 bits per heavy atom. The number of aromatic amines is 1. The fraction of sp³-hybridized carbons (Fsp3) is 0.412. The average Bonchev–Trinajstić information content (AvgIpc) is 3.01. The summed E-state index contributed by atoms with van der Waals surface area (Å²) in [5.74, 6) is 0.235. The minimum absolute atomic E-state index is 0.111. The van der Waals surface area contributed by atoms with Gasteiger partial charge in [0.1, 0.15) is 0 Å². The average molecular weight is 499 g/mol. The van der Waals surface area contributed by atoms with Gasteiger partial charge < -0.3 is 0 Å². The van der Waals surface area contributed by atoms with Gasteiger partial charge in [0.25, 0.3) is 0 Å². The first-order valence-corrected chi connectivity index (χ1v) is 11.2. The molecular formula is C17H18ClF2N2O9P. The number of hydrogen-bond acceptors (Lipinski definition) is 9. The van der Waals surface area contributed by atoms with Crippen LogP contribution in [0.5, 0.6) is 5.75 Å². The third-order valence-electron chi connectivity index (χ3n) is 5.13. The van der Waals surface area contributed by atoms with E-state index in [4.69, 9.17) is 29.9 Å². The molecule has 15 heteroatoms. The van der Waals surface area contributed by atoms with Gasteiger partial charge in [-0.05, 0) is 0 Å². The van der Waals surface area contributed by atoms with Crippen LogP contribution in [-0.2, 0) is 20.4 Å². The summed E-state index contributed by atoms with van der Waals surface area (Å²) in [6, 6.07) is 6.52. The summed E-state index contributed by atoms with van der Waals surface area (Å²) in [4.78, 5) is 35.9. The van der Waals surface area contributed by atoms with Crippen molar-refractivity contribution in [1.82, 2.24) is 9.55 Å². The Balaban J connectivity index is 1.59. The van der Waals surface area contributed by atoms with Crippen molar-refractivity contribution < 1.29 is 42.2 Å². The van der Waals surface area contributed by atoms with Crippen molar-refractivity contribution in [2.75, 3.05) is 6.61 Å². The number of rotatable bonds is 5. The number of aromatic nitrogens is 2. The number of halogens is 3. The van der Waals surface area contributed by atoms with Gasteiger partial charge in [-0.25, -0.2) is 0 Å². The Morgan fingerprint density at radius 1 is 1.34 bits per heavy atom. The van der Waals surface area contributed by atoms with Crippen LogP contribution in [-0.4, -0.2) is 55.5 Å². The minimum atomic E-state index is -4.47. The zero-order valence-electron chi connectivity index (χ0n) is 16.0. The number of ether oxygens (including phenoxy) is 1. The second-order valence-electron chi connectivity index (χ2n) is 7.15. The number of benzene rings is 1. The molecule has 2 aliphatic rings. The summed E-state index contributed by atoms with van der Waals surface area (Å²) < 4.78 is 49.6. The third kappa shape index (κ3) is 3.95. The summed E-state index contributed by atoms with van der Waals surface area (Å²) in [5.41, 5.74) is -4.34. The Morgan fingerprint density at radius 2 is 2.06 bits per heavy atom. The van der Waals surface area contributed by atoms with E-state index in [2.05, 4.69) is 0 Å². The molecule has 2 aliphatic heterocycles. The van der Waals surface area contributed by atoms with Gasteiger partial charge in [0.15, 0.2) is 0 Å². The number of aliphatic hydroxyl groups excluding tert-OH is 2. The third-order valence-corrected chi connectivity index (χ3v) is 6.89. The molecule has 0 spiro atoms. The Labute approximate surface area is 183 Å². The van der Waals surface area contributed by atoms with Crippen LogP contribution in [0.25, 0.3) is 0 Å². The molecule has 4 N–H and O–H groups in total. The molecule has 1 saturated heterocycles. The molecule has 0 radical (unpaired) electrons. The maximum atomic E-state index is 14.1. The molecule has 176 valence electrons. The number of nitrogens with zero attached hydrogens (tertiary/aromatic N) is 1. The SMILES string of the molecule is O=c1[nH]c(=O)n([C@@H]2O[C@@](CO[PH]3(O)OCc4ccccc4O3)(C(F)F)[C@@H](O)[C@H]2O)cc1Cl. The van der Waals surface area contributed by atoms with Crippen LogP contribution in [0.4, 0.5) is 8.78 Å². The van der Waals surface area contributed by atoms with E-state index in [9.17, 15) is 33.5 Å². The van der Waals surface area contributed by atoms with Gasteiger partial charge in [0.05, 0.1) is 0 Å². The van der Waals surface area contributed by atoms with Crippen molar-refractivity contribution in [2.24, 2.45) is 0 Å². The van der Waals surface area contributed by atoms with E-state index in [0.29, 0.717) is 10.1 Å². The molecule has 4 rings (SSSR count). The number of H-pyrrole nitrogens is 1. The second kappa shape index (κ2) is 8.43. The van der Waals surface area contributed by atoms with E-state index in [1.165, 1.54) is 6.07 Å². The molecule has 2 aromatic rings. The van der Waals surface area contributed by atoms with Crippen LogP contribution in [0.3, 0.4) is 0 Å². The second-order valence-corrected chi connectivity index (χ2v) is 9.39. The Hall–Kier alpha value is -1.96. The van der Waals surface area contributed by atoms with Crippen LogP contribution in [0.1, 0.15) is 11.8 Å². The van der Waals surface area contributed by atoms with Crippen molar-refractivity contribution in [3.05, 3.63) is 61.9 Å². The van der Waals surface area contributed by atoms with E-state index in [1.54, 1.807) is 18.2 Å². The van der Waals surface area contributed by atoms with Crippen LogP contribution in [0.15, 0.2) is 40.1 Å². The van der Waals surface area contributed by atoms with Crippen molar-refractivity contribution in [3.8, 4) is 5.75 Å². The maximum absolute atomic E-state index is 14.1. The molecule has 0 aliphatic carbocycles. The van der Waals surface area contributed by atoms with Gasteiger partial charge >= 0.3 is 183 Å². The Bertz CT molecular complexity index is 1130. The predicted molar refractivity (Wildman–Crippen MR) is 106 cm³/mol. The number of nitrogens with one attached hydrogen (secondary N) is 1. The summed E-state index contributed by atoms with van der Waals surface area (Å²) >= 11 is 5.67. The molecule has 11 nitrogen and oxygen atoms in total. The normalized spacial score (nSPS) is 30.0. The van der Waals surface area contributed by atoms with Crippen LogP contribution < -0.4 is 15.8 Å². The van der Waals surface area contributed by atoms with Gasteiger partial charge in [-0.2, -0.15) is 0 Å². The molecule has 0 saturated carbocycles. The van der Waals surface area contributed by atoms with Crippen molar-refractivity contribution in [1.29, 1.82) is 0 Å². The number of fused-ring (bicyclic) bond motifs is 1. The van der Waals surface area contributed by atoms with Gasteiger partial charge in [0, 0.05) is 0 Å². The van der Waals surface area contributed by atoms with Crippen LogP contribution in [0.2, 0.25) is 5.02 Å². The van der Waals surface area contributed by atoms with E-state index < -0.39 is 61.5 Å². The number of aliphatic hydroxyl groups is 2. The van der Waals surface area contributed by atoms with E-state index in [1.807, 2.05) is 4.98 Å². The summed E-state index contributed by atoms with van der Waals surface area (Å²) in [6.45, 7) is -1.27. The van der Waals surface area contributed by atoms with Crippen molar-refractivity contribution in [3.63, 3.8) is 0 Å². The molecule has 1 fully saturated rings. The number of hydrogen-bond donors (Lipinski definition) is 4. The standard InChI is InChI=1S/C17H18ClF2N2O9P/c18-9-5-22(16(26)21-13(9)25)14-11(23)12(24)17(30-14,15(19)20)7-29-32(27)28-6-8-3-1-2-4-10(8)31-32/h1-5,11-12,14-15,23-24,27,32H,6-7H2,(H,21,25,26)/t11-,12+,14-,17-/m1/s1. The first-order chi connectivity index (χ1) is 15.1. The zero-order chi connectivity index (χ0) is 23.3. The zero-order valence-corrected chi connectivity index (χ0v) is 17.7. The first-order valence-electron chi connectivity index (χ1n) is 9.16. The van der Waals surface area contributed by atoms with E-state index >= 15 is 0 Å². The van der Waals surface area contributed by atoms with Crippen molar-refractivity contribution in [2.45, 2.75) is 37.1 Å². The van der Waals surface area contributed by atoms with Crippen molar-refractivity contribution >= 4 is 19.8 Å². The topological polar surface area (TPSA) is 152 Å². The van der Waals surface area contributed by atoms with Gasteiger partial charge in [0.2, 0.25) is 0 Å². The monoisotopic (exact) mass is 498 g/mol. The molecule has 4 atom stereocenters. The first kappa shape index (κ1) is 23.2. The molecule has 32 heavy (non-hydrogen) atoms. The van der Waals surface area contributed by atoms with E-state index in [-0.39, 0.29) is 12.4 Å². The van der Waals surface area contributed by atoms with Gasteiger partial charge in [-0.15, -0.1) is 0 Å².